The van der Waals surface area contributed by atoms with Crippen molar-refractivity contribution in [1.82, 2.24) is 5.32 Å². The van der Waals surface area contributed by atoms with Gasteiger partial charge in [-0.1, -0.05) is 0 Å². The third-order valence-electron chi connectivity index (χ3n) is 3.30. The van der Waals surface area contributed by atoms with Gasteiger partial charge in [-0.2, -0.15) is 0 Å². The van der Waals surface area contributed by atoms with Crippen molar-refractivity contribution in [3.8, 4) is 0 Å². The maximum absolute atomic E-state index is 5.92. The maximum Gasteiger partial charge on any atom is 0.0704 e. The van der Waals surface area contributed by atoms with E-state index in [0.717, 1.165) is 19.0 Å². The molecule has 0 amide bonds. The first-order valence-electron chi connectivity index (χ1n) is 5.74. The lowest BCUT2D eigenvalue weighted by molar-refractivity contribution is 0.0549. The third-order valence-corrected chi connectivity index (χ3v) is 3.66. The Bertz CT molecular complexity index is 182. The van der Waals surface area contributed by atoms with Gasteiger partial charge in [0.15, 0.2) is 0 Å². The van der Waals surface area contributed by atoms with Gasteiger partial charge in [0.05, 0.1) is 12.2 Å². The van der Waals surface area contributed by atoms with Gasteiger partial charge in [0.1, 0.15) is 0 Å². The van der Waals surface area contributed by atoms with Crippen LogP contribution in [0, 0.1) is 5.92 Å². The summed E-state index contributed by atoms with van der Waals surface area (Å²) in [6, 6.07) is 0. The molecule has 0 aromatic heterocycles. The lowest BCUT2D eigenvalue weighted by Crippen LogP contribution is -2.36. The molecule has 3 heteroatoms. The zero-order chi connectivity index (χ0) is 9.97. The molecule has 2 unspecified atom stereocenters. The van der Waals surface area contributed by atoms with Gasteiger partial charge in [-0.05, 0) is 45.1 Å². The molecular formula is C11H20ClNO. The van der Waals surface area contributed by atoms with Crippen LogP contribution >= 0.6 is 11.6 Å². The van der Waals surface area contributed by atoms with Crippen LogP contribution in [-0.4, -0.2) is 30.7 Å². The Kier molecular flexibility index (Phi) is 3.69. The molecular weight excluding hydrogens is 198 g/mol. The van der Waals surface area contributed by atoms with Gasteiger partial charge in [0.25, 0.3) is 0 Å². The molecule has 14 heavy (non-hydrogen) atoms. The summed E-state index contributed by atoms with van der Waals surface area (Å²) in [4.78, 5) is 0. The maximum atomic E-state index is 5.92. The second-order valence-electron chi connectivity index (χ2n) is 4.74. The van der Waals surface area contributed by atoms with E-state index in [-0.39, 0.29) is 0 Å². The van der Waals surface area contributed by atoms with E-state index in [0.29, 0.717) is 17.6 Å². The highest BCUT2D eigenvalue weighted by Gasteiger charge is 2.27. The van der Waals surface area contributed by atoms with Gasteiger partial charge in [-0.15, -0.1) is 11.6 Å². The summed E-state index contributed by atoms with van der Waals surface area (Å²) >= 11 is 5.92. The smallest absolute Gasteiger partial charge is 0.0704 e. The van der Waals surface area contributed by atoms with E-state index in [1.807, 2.05) is 0 Å². The van der Waals surface area contributed by atoms with Crippen molar-refractivity contribution < 1.29 is 4.74 Å². The molecule has 2 nitrogen and oxygen atoms in total. The van der Waals surface area contributed by atoms with E-state index < -0.39 is 0 Å². The molecule has 1 aliphatic carbocycles. The van der Waals surface area contributed by atoms with E-state index in [1.165, 1.54) is 25.7 Å². The summed E-state index contributed by atoms with van der Waals surface area (Å²) < 4.78 is 5.73. The fourth-order valence-corrected chi connectivity index (χ4v) is 2.81. The van der Waals surface area contributed by atoms with Gasteiger partial charge in [-0.25, -0.2) is 0 Å². The number of hydrogen-bond acceptors (Lipinski definition) is 2. The van der Waals surface area contributed by atoms with E-state index in [9.17, 15) is 0 Å². The van der Waals surface area contributed by atoms with Crippen molar-refractivity contribution in [3.05, 3.63) is 0 Å². The first-order valence-corrected chi connectivity index (χ1v) is 6.18. The number of ether oxygens (including phenoxy) is 1. The Balaban J connectivity index is 1.51. The third kappa shape index (κ3) is 2.85. The predicted octanol–water partition coefficient (Wildman–Crippen LogP) is 2.16. The minimum atomic E-state index is 0.449. The van der Waals surface area contributed by atoms with Crippen LogP contribution in [0.2, 0.25) is 0 Å². The van der Waals surface area contributed by atoms with Crippen LogP contribution in [0.4, 0.5) is 0 Å². The Morgan fingerprint density at radius 2 is 2.07 bits per heavy atom. The first-order chi connectivity index (χ1) is 6.74. The van der Waals surface area contributed by atoms with Gasteiger partial charge in [0.2, 0.25) is 0 Å². The van der Waals surface area contributed by atoms with Crippen LogP contribution in [0.25, 0.3) is 0 Å². The van der Waals surface area contributed by atoms with Crippen LogP contribution in [0.3, 0.4) is 0 Å². The zero-order valence-electron chi connectivity index (χ0n) is 8.84. The summed E-state index contributed by atoms with van der Waals surface area (Å²) in [6.45, 7) is 4.30. The number of nitrogens with one attached hydrogen (secondary N) is 1. The van der Waals surface area contributed by atoms with Crippen LogP contribution in [-0.2, 0) is 4.74 Å². The second kappa shape index (κ2) is 4.82. The van der Waals surface area contributed by atoms with Crippen molar-refractivity contribution >= 4 is 11.6 Å². The lowest BCUT2D eigenvalue weighted by atomic mass is 9.85. The molecule has 2 aliphatic rings. The molecule has 0 aromatic rings. The van der Waals surface area contributed by atoms with Gasteiger partial charge < -0.3 is 10.1 Å². The number of alkyl halides is 1. The molecule has 0 radical (unpaired) electrons. The summed E-state index contributed by atoms with van der Waals surface area (Å²) in [6.07, 6.45) is 5.75. The Hall–Kier alpha value is 0.210. The molecule has 1 saturated carbocycles. The van der Waals surface area contributed by atoms with Gasteiger partial charge in [-0.3, -0.25) is 0 Å². The molecule has 0 spiro atoms. The Labute approximate surface area is 91.3 Å². The van der Waals surface area contributed by atoms with Crippen molar-refractivity contribution in [1.29, 1.82) is 0 Å². The Morgan fingerprint density at radius 3 is 2.64 bits per heavy atom. The first kappa shape index (κ1) is 10.7. The van der Waals surface area contributed by atoms with Crippen LogP contribution < -0.4 is 5.32 Å². The molecule has 0 bridgehead atoms. The van der Waals surface area contributed by atoms with Crippen LogP contribution in [0.15, 0.2) is 0 Å². The summed E-state index contributed by atoms with van der Waals surface area (Å²) in [7, 11) is 0. The standard InChI is InChI=1S/C11H20ClNO/c1-8-2-3-11(14-8)7-13-6-9-4-10(12)5-9/h8-11,13H,2-7H2,1H3. The molecule has 2 fully saturated rings. The van der Waals surface area contributed by atoms with Crippen LogP contribution in [0.5, 0.6) is 0 Å². The van der Waals surface area contributed by atoms with Crippen molar-refractivity contribution in [3.63, 3.8) is 0 Å². The fourth-order valence-electron chi connectivity index (χ4n) is 2.30. The average molecular weight is 218 g/mol. The molecule has 1 heterocycles. The van der Waals surface area contributed by atoms with Crippen molar-refractivity contribution in [2.24, 2.45) is 5.92 Å². The van der Waals surface area contributed by atoms with Gasteiger partial charge in [0, 0.05) is 11.9 Å². The van der Waals surface area contributed by atoms with Crippen molar-refractivity contribution in [2.45, 2.75) is 50.2 Å². The SMILES string of the molecule is CC1CCC(CNCC2CC(Cl)C2)O1. The largest absolute Gasteiger partial charge is 0.374 e. The number of hydrogen-bond donors (Lipinski definition) is 1. The fraction of sp³-hybridized carbons (Fsp3) is 1.00. The second-order valence-corrected chi connectivity index (χ2v) is 5.36. The van der Waals surface area contributed by atoms with E-state index >= 15 is 0 Å². The highest BCUT2D eigenvalue weighted by Crippen LogP contribution is 2.31. The normalized spacial score (nSPS) is 42.4. The molecule has 1 aliphatic heterocycles. The summed E-state index contributed by atoms with van der Waals surface area (Å²) in [5.41, 5.74) is 0. The minimum Gasteiger partial charge on any atom is -0.374 e. The molecule has 0 aromatic carbocycles. The quantitative estimate of drug-likeness (QED) is 0.729. The van der Waals surface area contributed by atoms with Crippen molar-refractivity contribution in [2.75, 3.05) is 13.1 Å². The molecule has 1 saturated heterocycles. The highest BCUT2D eigenvalue weighted by atomic mass is 35.5. The van der Waals surface area contributed by atoms with E-state index in [2.05, 4.69) is 12.2 Å². The summed E-state index contributed by atoms with van der Waals surface area (Å²) in [5, 5.41) is 3.94. The molecule has 2 atom stereocenters. The Morgan fingerprint density at radius 1 is 1.29 bits per heavy atom. The predicted molar refractivity (Wildman–Crippen MR) is 58.8 cm³/mol. The van der Waals surface area contributed by atoms with Crippen LogP contribution in [0.1, 0.15) is 32.6 Å². The number of rotatable bonds is 4. The minimum absolute atomic E-state index is 0.449. The summed E-state index contributed by atoms with van der Waals surface area (Å²) in [5.74, 6) is 0.816. The van der Waals surface area contributed by atoms with E-state index in [1.54, 1.807) is 0 Å². The highest BCUT2D eigenvalue weighted by molar-refractivity contribution is 6.21. The lowest BCUT2D eigenvalue weighted by Gasteiger charge is -2.31. The molecule has 82 valence electrons. The van der Waals surface area contributed by atoms with Gasteiger partial charge >= 0.3 is 0 Å². The molecule has 2 rings (SSSR count). The zero-order valence-corrected chi connectivity index (χ0v) is 9.59. The van der Waals surface area contributed by atoms with E-state index in [4.69, 9.17) is 16.3 Å². The number of halogens is 1. The average Bonchev–Trinajstić information content (AvgIpc) is 2.48. The molecule has 1 N–H and O–H groups in total. The monoisotopic (exact) mass is 217 g/mol. The topological polar surface area (TPSA) is 21.3 Å².